The third kappa shape index (κ3) is 2.49. The van der Waals surface area contributed by atoms with Crippen molar-refractivity contribution >= 4 is 17.5 Å². The normalized spacial score (nSPS) is 14.9. The lowest BCUT2D eigenvalue weighted by Gasteiger charge is -2.25. The summed E-state index contributed by atoms with van der Waals surface area (Å²) >= 11 is 5.86. The van der Waals surface area contributed by atoms with E-state index in [0.717, 1.165) is 5.69 Å². The highest BCUT2D eigenvalue weighted by Gasteiger charge is 2.30. The molecule has 0 fully saturated rings. The van der Waals surface area contributed by atoms with E-state index in [0.29, 0.717) is 11.6 Å². The van der Waals surface area contributed by atoms with Gasteiger partial charge < -0.3 is 11.1 Å². The number of hydrogen-bond acceptors (Lipinski definition) is 3. The lowest BCUT2D eigenvalue weighted by Crippen LogP contribution is -2.54. The van der Waals surface area contributed by atoms with Gasteiger partial charge in [-0.15, -0.1) is 0 Å². The minimum absolute atomic E-state index is 0.354. The first-order valence-corrected chi connectivity index (χ1v) is 4.95. The molecule has 0 aliphatic carbocycles. The van der Waals surface area contributed by atoms with E-state index >= 15 is 0 Å². The Kier molecular flexibility index (Phi) is 3.36. The Morgan fingerprint density at radius 1 is 1.80 bits per heavy atom. The molecule has 0 saturated heterocycles. The zero-order valence-corrected chi connectivity index (χ0v) is 9.80. The van der Waals surface area contributed by atoms with Crippen LogP contribution in [0.25, 0.3) is 0 Å². The fourth-order valence-corrected chi connectivity index (χ4v) is 1.33. The Morgan fingerprint density at radius 3 is 2.73 bits per heavy atom. The van der Waals surface area contributed by atoms with Crippen LogP contribution in [0.4, 0.5) is 0 Å². The first kappa shape index (κ1) is 12.0. The number of amides is 1. The third-order valence-electron chi connectivity index (χ3n) is 2.46. The van der Waals surface area contributed by atoms with E-state index in [1.54, 1.807) is 31.8 Å². The molecule has 1 aromatic rings. The number of nitrogens with two attached hydrogens (primary N) is 1. The number of hydrogen-bond donors (Lipinski definition) is 2. The van der Waals surface area contributed by atoms with Crippen molar-refractivity contribution in [3.63, 3.8) is 0 Å². The van der Waals surface area contributed by atoms with Crippen LogP contribution in [-0.4, -0.2) is 28.3 Å². The van der Waals surface area contributed by atoms with E-state index in [1.165, 1.54) is 0 Å². The average molecular weight is 231 g/mol. The molecule has 0 aliphatic heterocycles. The summed E-state index contributed by atoms with van der Waals surface area (Å²) in [7, 11) is 1.68. The Hall–Kier alpha value is -1.07. The summed E-state index contributed by atoms with van der Waals surface area (Å²) in [6.45, 7) is 3.88. The van der Waals surface area contributed by atoms with Crippen molar-refractivity contribution in [1.82, 2.24) is 15.1 Å². The molecule has 5 nitrogen and oxygen atoms in total. The maximum absolute atomic E-state index is 11.2. The van der Waals surface area contributed by atoms with Crippen molar-refractivity contribution in [2.45, 2.75) is 25.9 Å². The van der Waals surface area contributed by atoms with Crippen LogP contribution in [0.15, 0.2) is 6.20 Å². The van der Waals surface area contributed by atoms with Crippen LogP contribution < -0.4 is 11.1 Å². The molecule has 3 N–H and O–H groups in total. The molecule has 0 aliphatic rings. The second-order valence-electron chi connectivity index (χ2n) is 3.71. The molecule has 84 valence electrons. The first-order valence-electron chi connectivity index (χ1n) is 4.57. The number of carbonyl (C=O) groups is 1. The van der Waals surface area contributed by atoms with Crippen LogP contribution in [0.2, 0.25) is 5.02 Å². The minimum Gasteiger partial charge on any atom is -0.368 e. The molecule has 1 heterocycles. The number of rotatable bonds is 4. The predicted octanol–water partition coefficient (Wildman–Crippen LogP) is 0.308. The fraction of sp³-hybridized carbons (Fsp3) is 0.556. The van der Waals surface area contributed by atoms with Crippen LogP contribution >= 0.6 is 11.6 Å². The SMILES string of the molecule is CNC(C)(Cn1cc(Cl)c(C)n1)C(N)=O. The lowest BCUT2D eigenvalue weighted by molar-refractivity contribution is -0.124. The highest BCUT2D eigenvalue weighted by molar-refractivity contribution is 6.31. The van der Waals surface area contributed by atoms with Crippen molar-refractivity contribution in [3.8, 4) is 0 Å². The van der Waals surface area contributed by atoms with Crippen LogP contribution in [0.3, 0.4) is 0 Å². The number of nitrogens with one attached hydrogen (secondary N) is 1. The summed E-state index contributed by atoms with van der Waals surface area (Å²) in [4.78, 5) is 11.2. The number of nitrogens with zero attached hydrogens (tertiary/aromatic N) is 2. The molecule has 0 bridgehead atoms. The van der Waals surface area contributed by atoms with Gasteiger partial charge in [-0.2, -0.15) is 5.10 Å². The van der Waals surface area contributed by atoms with Gasteiger partial charge in [-0.05, 0) is 20.9 Å². The molecule has 0 saturated carbocycles. The highest BCUT2D eigenvalue weighted by atomic mass is 35.5. The first-order chi connectivity index (χ1) is 6.89. The maximum Gasteiger partial charge on any atom is 0.239 e. The van der Waals surface area contributed by atoms with Crippen molar-refractivity contribution < 1.29 is 4.79 Å². The molecule has 0 spiro atoms. The van der Waals surface area contributed by atoms with E-state index in [2.05, 4.69) is 10.4 Å². The zero-order chi connectivity index (χ0) is 11.6. The molecule has 0 aromatic carbocycles. The van der Waals surface area contributed by atoms with E-state index in [9.17, 15) is 4.79 Å². The molecular weight excluding hydrogens is 216 g/mol. The standard InChI is InChI=1S/C9H15ClN4O/c1-6-7(10)4-14(13-6)5-9(2,12-3)8(11)15/h4,12H,5H2,1-3H3,(H2,11,15). The van der Waals surface area contributed by atoms with E-state index in [-0.39, 0.29) is 0 Å². The van der Waals surface area contributed by atoms with Crippen molar-refractivity contribution in [3.05, 3.63) is 16.9 Å². The van der Waals surface area contributed by atoms with Gasteiger partial charge in [0.05, 0.1) is 17.3 Å². The van der Waals surface area contributed by atoms with Crippen molar-refractivity contribution in [2.24, 2.45) is 5.73 Å². The molecule has 1 rings (SSSR count). The van der Waals surface area contributed by atoms with Gasteiger partial charge in [-0.25, -0.2) is 0 Å². The monoisotopic (exact) mass is 230 g/mol. The number of aryl methyl sites for hydroxylation is 1. The predicted molar refractivity (Wildman–Crippen MR) is 58.6 cm³/mol. The highest BCUT2D eigenvalue weighted by Crippen LogP contribution is 2.14. The van der Waals surface area contributed by atoms with Gasteiger partial charge in [0, 0.05) is 6.20 Å². The summed E-state index contributed by atoms with van der Waals surface area (Å²) in [6, 6.07) is 0. The third-order valence-corrected chi connectivity index (χ3v) is 2.83. The largest absolute Gasteiger partial charge is 0.368 e. The molecule has 15 heavy (non-hydrogen) atoms. The maximum atomic E-state index is 11.2. The summed E-state index contributed by atoms with van der Waals surface area (Å²) < 4.78 is 1.61. The Balaban J connectivity index is 2.88. The van der Waals surface area contributed by atoms with Gasteiger partial charge in [0.25, 0.3) is 0 Å². The Labute approximate surface area is 93.6 Å². The van der Waals surface area contributed by atoms with Crippen LogP contribution in [-0.2, 0) is 11.3 Å². The van der Waals surface area contributed by atoms with Gasteiger partial charge in [0.1, 0.15) is 5.54 Å². The summed E-state index contributed by atoms with van der Waals surface area (Å²) in [5.74, 6) is -0.422. The minimum atomic E-state index is -0.818. The molecule has 1 amide bonds. The van der Waals surface area contributed by atoms with E-state index < -0.39 is 11.4 Å². The number of likely N-dealkylation sites (N-methyl/N-ethyl adjacent to an activating group) is 1. The van der Waals surface area contributed by atoms with Crippen molar-refractivity contribution in [1.29, 1.82) is 0 Å². The zero-order valence-electron chi connectivity index (χ0n) is 9.04. The lowest BCUT2D eigenvalue weighted by atomic mass is 10.0. The van der Waals surface area contributed by atoms with Gasteiger partial charge in [0.2, 0.25) is 5.91 Å². The molecule has 1 unspecified atom stereocenters. The summed E-state index contributed by atoms with van der Waals surface area (Å²) in [5, 5.41) is 7.62. The van der Waals surface area contributed by atoms with Gasteiger partial charge in [-0.1, -0.05) is 11.6 Å². The summed E-state index contributed by atoms with van der Waals surface area (Å²) in [5.41, 5.74) is 5.22. The van der Waals surface area contributed by atoms with Crippen LogP contribution in [0.5, 0.6) is 0 Å². The van der Waals surface area contributed by atoms with E-state index in [1.807, 2.05) is 0 Å². The molecule has 1 atom stereocenters. The van der Waals surface area contributed by atoms with Gasteiger partial charge in [0.15, 0.2) is 0 Å². The van der Waals surface area contributed by atoms with Gasteiger partial charge in [-0.3, -0.25) is 9.48 Å². The Morgan fingerprint density at radius 2 is 2.40 bits per heavy atom. The summed E-state index contributed by atoms with van der Waals surface area (Å²) in [6.07, 6.45) is 1.68. The molecule has 1 aromatic heterocycles. The van der Waals surface area contributed by atoms with E-state index in [4.69, 9.17) is 17.3 Å². The second-order valence-corrected chi connectivity index (χ2v) is 4.11. The number of aromatic nitrogens is 2. The van der Waals surface area contributed by atoms with Crippen LogP contribution in [0.1, 0.15) is 12.6 Å². The molecule has 6 heteroatoms. The van der Waals surface area contributed by atoms with Gasteiger partial charge >= 0.3 is 0 Å². The molecular formula is C9H15ClN4O. The number of carbonyl (C=O) groups excluding carboxylic acids is 1. The Bertz CT molecular complexity index is 357. The number of primary amides is 1. The van der Waals surface area contributed by atoms with Crippen molar-refractivity contribution in [2.75, 3.05) is 7.05 Å². The average Bonchev–Trinajstić information content (AvgIpc) is 2.45. The second kappa shape index (κ2) is 4.20. The number of halogens is 1. The van der Waals surface area contributed by atoms with Crippen LogP contribution in [0, 0.1) is 6.92 Å². The fourth-order valence-electron chi connectivity index (χ4n) is 1.18. The molecule has 0 radical (unpaired) electrons. The quantitative estimate of drug-likeness (QED) is 0.782. The topological polar surface area (TPSA) is 72.9 Å². The smallest absolute Gasteiger partial charge is 0.239 e.